The molecule has 0 spiro atoms. The van der Waals surface area contributed by atoms with E-state index in [1.807, 2.05) is 11.3 Å². The molecule has 0 saturated heterocycles. The third-order valence-corrected chi connectivity index (χ3v) is 6.45. The van der Waals surface area contributed by atoms with Crippen LogP contribution in [-0.4, -0.2) is 0 Å². The van der Waals surface area contributed by atoms with E-state index in [-0.39, 0.29) is 0 Å². The van der Waals surface area contributed by atoms with E-state index in [1.54, 1.807) is 0 Å². The fourth-order valence-corrected chi connectivity index (χ4v) is 4.70. The Morgan fingerprint density at radius 3 is 1.48 bits per heavy atom. The number of hydrogen-bond donors (Lipinski definition) is 0. The summed E-state index contributed by atoms with van der Waals surface area (Å²) in [5.74, 6) is 0. The molecule has 31 heavy (non-hydrogen) atoms. The maximum Gasteiger partial charge on any atom is 0.0462 e. The molecule has 2 heteroatoms. The Kier molecular flexibility index (Phi) is 5.39. The van der Waals surface area contributed by atoms with Crippen LogP contribution in [-0.2, 0) is 0 Å². The zero-order valence-corrected chi connectivity index (χ0v) is 18.2. The van der Waals surface area contributed by atoms with Crippen molar-refractivity contribution in [2.45, 2.75) is 6.92 Å². The number of anilines is 3. The van der Waals surface area contributed by atoms with Gasteiger partial charge in [0, 0.05) is 26.8 Å². The number of hydrogen-bond acceptors (Lipinski definition) is 2. The molecular weight excluding hydrogens is 394 g/mol. The molecule has 0 saturated carbocycles. The van der Waals surface area contributed by atoms with Crippen LogP contribution < -0.4 is 4.90 Å². The average Bonchev–Trinajstić information content (AvgIpc) is 3.28. The van der Waals surface area contributed by atoms with Gasteiger partial charge in [0.1, 0.15) is 0 Å². The predicted octanol–water partition coefficient (Wildman–Crippen LogP) is 8.86. The molecule has 0 aliphatic rings. The van der Waals surface area contributed by atoms with Crippen molar-refractivity contribution >= 4 is 28.4 Å². The molecule has 5 rings (SSSR count). The van der Waals surface area contributed by atoms with Crippen molar-refractivity contribution in [3.05, 3.63) is 126 Å². The van der Waals surface area contributed by atoms with Crippen LogP contribution in [0.25, 0.3) is 21.6 Å². The third-order valence-electron chi connectivity index (χ3n) is 5.40. The molecule has 1 nitrogen and oxygen atoms in total. The van der Waals surface area contributed by atoms with Crippen molar-refractivity contribution < 1.29 is 0 Å². The Balaban J connectivity index is 1.52. The van der Waals surface area contributed by atoms with Crippen molar-refractivity contribution in [2.24, 2.45) is 0 Å². The Hall–Kier alpha value is -3.62. The highest BCUT2D eigenvalue weighted by atomic mass is 32.1. The van der Waals surface area contributed by atoms with Crippen LogP contribution in [0.1, 0.15) is 4.88 Å². The lowest BCUT2D eigenvalue weighted by Crippen LogP contribution is -2.09. The van der Waals surface area contributed by atoms with Crippen LogP contribution in [0.3, 0.4) is 0 Å². The van der Waals surface area contributed by atoms with Gasteiger partial charge in [-0.1, -0.05) is 72.8 Å². The third kappa shape index (κ3) is 4.16. The topological polar surface area (TPSA) is 3.24 Å². The minimum Gasteiger partial charge on any atom is -0.311 e. The predicted molar refractivity (Wildman–Crippen MR) is 135 cm³/mol. The van der Waals surface area contributed by atoms with Crippen molar-refractivity contribution in [2.75, 3.05) is 4.90 Å². The molecule has 0 bridgehead atoms. The summed E-state index contributed by atoms with van der Waals surface area (Å²) in [6.07, 6.45) is 0. The van der Waals surface area contributed by atoms with Crippen LogP contribution >= 0.6 is 11.3 Å². The molecule has 0 amide bonds. The fourth-order valence-electron chi connectivity index (χ4n) is 3.82. The largest absolute Gasteiger partial charge is 0.311 e. The number of rotatable bonds is 5. The van der Waals surface area contributed by atoms with Crippen LogP contribution in [0.5, 0.6) is 0 Å². The summed E-state index contributed by atoms with van der Waals surface area (Å²) >= 11 is 1.83. The van der Waals surface area contributed by atoms with Gasteiger partial charge in [-0.3, -0.25) is 0 Å². The van der Waals surface area contributed by atoms with Crippen LogP contribution in [0.15, 0.2) is 121 Å². The average molecular weight is 418 g/mol. The van der Waals surface area contributed by atoms with Gasteiger partial charge in [-0.2, -0.15) is 0 Å². The van der Waals surface area contributed by atoms with Crippen LogP contribution in [0, 0.1) is 6.92 Å². The fraction of sp³-hybridized carbons (Fsp3) is 0.0345. The normalized spacial score (nSPS) is 10.7. The van der Waals surface area contributed by atoms with E-state index in [4.69, 9.17) is 0 Å². The molecule has 150 valence electrons. The van der Waals surface area contributed by atoms with Gasteiger partial charge in [0.25, 0.3) is 0 Å². The highest BCUT2D eigenvalue weighted by molar-refractivity contribution is 7.15. The number of nitrogens with zero attached hydrogens (tertiary/aromatic N) is 1. The highest BCUT2D eigenvalue weighted by Gasteiger charge is 2.13. The van der Waals surface area contributed by atoms with Crippen molar-refractivity contribution in [1.82, 2.24) is 0 Å². The zero-order valence-electron chi connectivity index (χ0n) is 17.4. The molecule has 0 atom stereocenters. The zero-order chi connectivity index (χ0) is 21.0. The second-order valence-electron chi connectivity index (χ2n) is 7.54. The van der Waals surface area contributed by atoms with Gasteiger partial charge >= 0.3 is 0 Å². The summed E-state index contributed by atoms with van der Waals surface area (Å²) in [4.78, 5) is 4.95. The SMILES string of the molecule is Cc1ccc(-c2ccc(N(c3ccccc3)c3ccc(-c4ccccc4)cc3)cc2)s1. The summed E-state index contributed by atoms with van der Waals surface area (Å²) in [5, 5.41) is 0. The van der Waals surface area contributed by atoms with Gasteiger partial charge in [0.05, 0.1) is 0 Å². The van der Waals surface area contributed by atoms with Gasteiger partial charge in [0.2, 0.25) is 0 Å². The number of thiophene rings is 1. The minimum absolute atomic E-state index is 1.14. The Morgan fingerprint density at radius 1 is 0.452 bits per heavy atom. The van der Waals surface area contributed by atoms with Crippen molar-refractivity contribution in [1.29, 1.82) is 0 Å². The van der Waals surface area contributed by atoms with Gasteiger partial charge < -0.3 is 4.90 Å². The lowest BCUT2D eigenvalue weighted by Gasteiger charge is -2.25. The first kappa shape index (κ1) is 19.3. The monoisotopic (exact) mass is 417 g/mol. The lowest BCUT2D eigenvalue weighted by molar-refractivity contribution is 1.28. The van der Waals surface area contributed by atoms with E-state index < -0.39 is 0 Å². The molecule has 1 aromatic heterocycles. The molecule has 5 aromatic rings. The van der Waals surface area contributed by atoms with Crippen LogP contribution in [0.2, 0.25) is 0 Å². The molecule has 1 heterocycles. The van der Waals surface area contributed by atoms with Gasteiger partial charge in [-0.15, -0.1) is 11.3 Å². The number of aryl methyl sites for hydroxylation is 1. The second kappa shape index (κ2) is 8.63. The van der Waals surface area contributed by atoms with E-state index in [0.717, 1.165) is 17.1 Å². The Morgan fingerprint density at radius 2 is 0.935 bits per heavy atom. The standard InChI is InChI=1S/C29H23NS/c1-22-12-21-29(31-22)25-15-19-28(20-16-25)30(26-10-6-3-7-11-26)27-17-13-24(14-18-27)23-8-4-2-5-9-23/h2-21H,1H3. The van der Waals surface area contributed by atoms with E-state index in [0.29, 0.717) is 0 Å². The number of benzene rings is 4. The van der Waals surface area contributed by atoms with Crippen LogP contribution in [0.4, 0.5) is 17.1 Å². The molecule has 0 radical (unpaired) electrons. The summed E-state index contributed by atoms with van der Waals surface area (Å²) in [5.41, 5.74) is 7.15. The van der Waals surface area contributed by atoms with Gasteiger partial charge in [-0.25, -0.2) is 0 Å². The molecule has 0 unspecified atom stereocenters. The highest BCUT2D eigenvalue weighted by Crippen LogP contribution is 2.37. The molecular formula is C29H23NS. The maximum atomic E-state index is 2.30. The maximum absolute atomic E-state index is 2.30. The van der Waals surface area contributed by atoms with Gasteiger partial charge in [0.15, 0.2) is 0 Å². The quantitative estimate of drug-likeness (QED) is 0.276. The van der Waals surface area contributed by atoms with E-state index in [2.05, 4.69) is 133 Å². The smallest absolute Gasteiger partial charge is 0.0462 e. The number of para-hydroxylation sites is 1. The molecule has 0 N–H and O–H groups in total. The van der Waals surface area contributed by atoms with E-state index in [1.165, 1.54) is 26.4 Å². The van der Waals surface area contributed by atoms with Crippen molar-refractivity contribution in [3.63, 3.8) is 0 Å². The molecule has 0 aliphatic heterocycles. The first-order valence-electron chi connectivity index (χ1n) is 10.5. The summed E-state index contributed by atoms with van der Waals surface area (Å²) in [6, 6.07) is 43.1. The molecule has 0 fully saturated rings. The van der Waals surface area contributed by atoms with E-state index in [9.17, 15) is 0 Å². The van der Waals surface area contributed by atoms with Gasteiger partial charge in [-0.05, 0) is 72.1 Å². The second-order valence-corrected chi connectivity index (χ2v) is 8.83. The van der Waals surface area contributed by atoms with Crippen molar-refractivity contribution in [3.8, 4) is 21.6 Å². The Labute approximate surface area is 187 Å². The minimum atomic E-state index is 1.14. The molecule has 4 aromatic carbocycles. The van der Waals surface area contributed by atoms with E-state index >= 15 is 0 Å². The first-order chi connectivity index (χ1) is 15.3. The first-order valence-corrected chi connectivity index (χ1v) is 11.3. The molecule has 0 aliphatic carbocycles. The Bertz CT molecular complexity index is 1250. The lowest BCUT2D eigenvalue weighted by atomic mass is 10.0. The summed E-state index contributed by atoms with van der Waals surface area (Å²) in [7, 11) is 0. The summed E-state index contributed by atoms with van der Waals surface area (Å²) in [6.45, 7) is 2.15. The summed E-state index contributed by atoms with van der Waals surface area (Å²) < 4.78 is 0.